The molecule has 0 bridgehead atoms. The lowest BCUT2D eigenvalue weighted by Crippen LogP contribution is -2.23. The Bertz CT molecular complexity index is 444. The summed E-state index contributed by atoms with van der Waals surface area (Å²) in [5, 5.41) is 0.682. The largest absolute Gasteiger partial charge is 0.299 e. The molecule has 2 unspecified atom stereocenters. The standard InChI is InChI=1S/C15H18BrClO/c1-10-3-2-4-12(7-10)15(18)8-11-5-6-13(16)9-14(11)17/h5-6,9-10,12H,2-4,7-8H2,1H3. The molecule has 0 aliphatic heterocycles. The Balaban J connectivity index is 2.02. The number of Topliss-reactive ketones (excluding diaryl/α,β-unsaturated/α-hetero) is 1. The number of benzene rings is 1. The summed E-state index contributed by atoms with van der Waals surface area (Å²) in [7, 11) is 0. The van der Waals surface area contributed by atoms with Crippen LogP contribution in [0.4, 0.5) is 0 Å². The number of carbonyl (C=O) groups excluding carboxylic acids is 1. The van der Waals surface area contributed by atoms with E-state index in [1.807, 2.05) is 18.2 Å². The van der Waals surface area contributed by atoms with Crippen molar-refractivity contribution in [2.24, 2.45) is 11.8 Å². The molecule has 0 aromatic heterocycles. The SMILES string of the molecule is CC1CCCC(C(=O)Cc2ccc(Br)cc2Cl)C1. The van der Waals surface area contributed by atoms with Crippen LogP contribution in [0.2, 0.25) is 5.02 Å². The van der Waals surface area contributed by atoms with Crippen molar-refractivity contribution in [1.82, 2.24) is 0 Å². The van der Waals surface area contributed by atoms with E-state index in [0.29, 0.717) is 23.1 Å². The van der Waals surface area contributed by atoms with Gasteiger partial charge >= 0.3 is 0 Å². The van der Waals surface area contributed by atoms with Gasteiger partial charge in [0, 0.05) is 21.8 Å². The zero-order valence-corrected chi connectivity index (χ0v) is 12.9. The zero-order valence-electron chi connectivity index (χ0n) is 10.6. The molecule has 0 spiro atoms. The minimum atomic E-state index is 0.244. The second kappa shape index (κ2) is 6.21. The third-order valence-electron chi connectivity index (χ3n) is 3.77. The van der Waals surface area contributed by atoms with Gasteiger partial charge in [-0.1, -0.05) is 53.4 Å². The van der Waals surface area contributed by atoms with Crippen molar-refractivity contribution in [3.05, 3.63) is 33.3 Å². The van der Waals surface area contributed by atoms with Gasteiger partial charge < -0.3 is 0 Å². The van der Waals surface area contributed by atoms with Crippen molar-refractivity contribution in [2.45, 2.75) is 39.0 Å². The first-order valence-corrected chi connectivity index (χ1v) is 7.70. The number of ketones is 1. The summed E-state index contributed by atoms with van der Waals surface area (Å²) >= 11 is 9.54. The number of halogens is 2. The first-order chi connectivity index (χ1) is 8.56. The lowest BCUT2D eigenvalue weighted by molar-refractivity contribution is -0.123. The van der Waals surface area contributed by atoms with Gasteiger partial charge in [0.1, 0.15) is 5.78 Å². The maximum atomic E-state index is 12.3. The molecular weight excluding hydrogens is 312 g/mol. The first kappa shape index (κ1) is 14.1. The first-order valence-electron chi connectivity index (χ1n) is 6.53. The third-order valence-corrected chi connectivity index (χ3v) is 4.62. The van der Waals surface area contributed by atoms with Crippen LogP contribution in [0.5, 0.6) is 0 Å². The highest BCUT2D eigenvalue weighted by Crippen LogP contribution is 2.31. The Morgan fingerprint density at radius 2 is 2.22 bits per heavy atom. The van der Waals surface area contributed by atoms with Crippen LogP contribution in [0.25, 0.3) is 0 Å². The second-order valence-electron chi connectivity index (χ2n) is 5.35. The van der Waals surface area contributed by atoms with E-state index in [4.69, 9.17) is 11.6 Å². The molecule has 0 saturated heterocycles. The molecule has 0 N–H and O–H groups in total. The topological polar surface area (TPSA) is 17.1 Å². The van der Waals surface area contributed by atoms with E-state index in [1.54, 1.807) is 0 Å². The van der Waals surface area contributed by atoms with Crippen molar-refractivity contribution in [1.29, 1.82) is 0 Å². The van der Waals surface area contributed by atoms with Crippen molar-refractivity contribution >= 4 is 33.3 Å². The molecule has 1 fully saturated rings. The monoisotopic (exact) mass is 328 g/mol. The predicted molar refractivity (Wildman–Crippen MR) is 79.0 cm³/mol. The predicted octanol–water partition coefficient (Wildman–Crippen LogP) is 5.04. The van der Waals surface area contributed by atoms with Gasteiger partial charge in [0.25, 0.3) is 0 Å². The van der Waals surface area contributed by atoms with Crippen molar-refractivity contribution in [3.8, 4) is 0 Å². The number of hydrogen-bond acceptors (Lipinski definition) is 1. The van der Waals surface area contributed by atoms with E-state index in [2.05, 4.69) is 22.9 Å². The van der Waals surface area contributed by atoms with E-state index in [-0.39, 0.29) is 5.92 Å². The van der Waals surface area contributed by atoms with Gasteiger partial charge in [-0.3, -0.25) is 4.79 Å². The van der Waals surface area contributed by atoms with Gasteiger partial charge in [-0.15, -0.1) is 0 Å². The van der Waals surface area contributed by atoms with Crippen LogP contribution in [0, 0.1) is 11.8 Å². The highest BCUT2D eigenvalue weighted by molar-refractivity contribution is 9.10. The van der Waals surface area contributed by atoms with Gasteiger partial charge in [-0.05, 0) is 36.5 Å². The minimum Gasteiger partial charge on any atom is -0.299 e. The van der Waals surface area contributed by atoms with Gasteiger partial charge in [0.2, 0.25) is 0 Å². The van der Waals surface area contributed by atoms with Crippen LogP contribution < -0.4 is 0 Å². The van der Waals surface area contributed by atoms with E-state index < -0.39 is 0 Å². The third kappa shape index (κ3) is 3.58. The molecule has 0 radical (unpaired) electrons. The molecule has 2 atom stereocenters. The van der Waals surface area contributed by atoms with Gasteiger partial charge in [0.05, 0.1) is 0 Å². The van der Waals surface area contributed by atoms with Crippen LogP contribution in [-0.4, -0.2) is 5.78 Å². The van der Waals surface area contributed by atoms with Crippen LogP contribution in [0.15, 0.2) is 22.7 Å². The van der Waals surface area contributed by atoms with Gasteiger partial charge in [-0.2, -0.15) is 0 Å². The van der Waals surface area contributed by atoms with E-state index in [0.717, 1.165) is 22.9 Å². The van der Waals surface area contributed by atoms with E-state index in [9.17, 15) is 4.79 Å². The quantitative estimate of drug-likeness (QED) is 0.759. The highest BCUT2D eigenvalue weighted by Gasteiger charge is 2.25. The van der Waals surface area contributed by atoms with Crippen LogP contribution in [0.1, 0.15) is 38.2 Å². The Hall–Kier alpha value is -0.340. The van der Waals surface area contributed by atoms with Crippen molar-refractivity contribution in [3.63, 3.8) is 0 Å². The molecule has 1 aromatic carbocycles. The summed E-state index contributed by atoms with van der Waals surface area (Å²) in [6.45, 7) is 2.24. The van der Waals surface area contributed by atoms with E-state index >= 15 is 0 Å². The Morgan fingerprint density at radius 1 is 1.44 bits per heavy atom. The fourth-order valence-electron chi connectivity index (χ4n) is 2.72. The summed E-state index contributed by atoms with van der Waals surface area (Å²) in [5.74, 6) is 1.28. The summed E-state index contributed by atoms with van der Waals surface area (Å²) < 4.78 is 0.954. The molecule has 0 amide bonds. The maximum absolute atomic E-state index is 12.3. The summed E-state index contributed by atoms with van der Waals surface area (Å²) in [6.07, 6.45) is 5.03. The molecule has 0 heterocycles. The fourth-order valence-corrected chi connectivity index (χ4v) is 3.46. The van der Waals surface area contributed by atoms with Crippen molar-refractivity contribution < 1.29 is 4.79 Å². The highest BCUT2D eigenvalue weighted by atomic mass is 79.9. The molecule has 98 valence electrons. The minimum absolute atomic E-state index is 0.244. The molecule has 1 aliphatic carbocycles. The normalized spacial score (nSPS) is 23.9. The molecule has 18 heavy (non-hydrogen) atoms. The van der Waals surface area contributed by atoms with Crippen LogP contribution in [-0.2, 0) is 11.2 Å². The zero-order chi connectivity index (χ0) is 13.1. The van der Waals surface area contributed by atoms with Crippen LogP contribution >= 0.6 is 27.5 Å². The Kier molecular flexibility index (Phi) is 4.85. The molecule has 2 rings (SSSR count). The smallest absolute Gasteiger partial charge is 0.140 e. The number of rotatable bonds is 3. The molecule has 1 aromatic rings. The summed E-state index contributed by atoms with van der Waals surface area (Å²) in [4.78, 5) is 12.3. The van der Waals surface area contributed by atoms with Crippen molar-refractivity contribution in [2.75, 3.05) is 0 Å². The van der Waals surface area contributed by atoms with Crippen LogP contribution in [0.3, 0.4) is 0 Å². The molecular formula is C15H18BrClO. The van der Waals surface area contributed by atoms with E-state index in [1.165, 1.54) is 12.8 Å². The Labute approximate surface area is 122 Å². The number of hydrogen-bond donors (Lipinski definition) is 0. The summed E-state index contributed by atoms with van der Waals surface area (Å²) in [5.41, 5.74) is 0.947. The lowest BCUT2D eigenvalue weighted by atomic mass is 9.79. The second-order valence-corrected chi connectivity index (χ2v) is 6.67. The lowest BCUT2D eigenvalue weighted by Gasteiger charge is -2.25. The molecule has 1 saturated carbocycles. The average molecular weight is 330 g/mol. The average Bonchev–Trinajstić information content (AvgIpc) is 2.32. The maximum Gasteiger partial charge on any atom is 0.140 e. The Morgan fingerprint density at radius 3 is 2.89 bits per heavy atom. The molecule has 3 heteroatoms. The fraction of sp³-hybridized carbons (Fsp3) is 0.533. The van der Waals surface area contributed by atoms with Gasteiger partial charge in [0.15, 0.2) is 0 Å². The summed E-state index contributed by atoms with van der Waals surface area (Å²) in [6, 6.07) is 5.74. The van der Waals surface area contributed by atoms with Gasteiger partial charge in [-0.25, -0.2) is 0 Å². The molecule has 1 aliphatic rings. The molecule has 1 nitrogen and oxygen atoms in total. The number of carbonyl (C=O) groups is 1.